The Balaban J connectivity index is 3.21. The first-order valence-electron chi connectivity index (χ1n) is 2.94. The van der Waals surface area contributed by atoms with E-state index in [1.54, 1.807) is 6.92 Å². The van der Waals surface area contributed by atoms with E-state index in [-0.39, 0.29) is 5.82 Å². The van der Waals surface area contributed by atoms with Crippen molar-refractivity contribution in [2.24, 2.45) is 5.84 Å². The average Bonchev–Trinajstić information content (AvgIpc) is 1.97. The van der Waals surface area contributed by atoms with E-state index in [0.717, 1.165) is 6.07 Å². The van der Waals surface area contributed by atoms with Crippen LogP contribution in [0.4, 0.5) is 14.6 Å². The molecule has 0 saturated carbocycles. The van der Waals surface area contributed by atoms with E-state index in [4.69, 9.17) is 5.84 Å². The van der Waals surface area contributed by atoms with Crippen LogP contribution < -0.4 is 11.3 Å². The summed E-state index contributed by atoms with van der Waals surface area (Å²) in [6.45, 7) is 1.57. The molecular formula is C6H7F2N3. The molecule has 1 aromatic rings. The predicted octanol–water partition coefficient (Wildman–Crippen LogP) is 0.954. The first kappa shape index (κ1) is 7.87. The van der Waals surface area contributed by atoms with Gasteiger partial charge in [0.15, 0.2) is 5.82 Å². The molecule has 1 aromatic heterocycles. The number of aryl methyl sites for hydroxylation is 1. The lowest BCUT2D eigenvalue weighted by atomic mass is 10.3. The molecule has 3 N–H and O–H groups in total. The minimum atomic E-state index is -1.15. The molecule has 1 rings (SSSR count). The quantitative estimate of drug-likeness (QED) is 0.364. The van der Waals surface area contributed by atoms with Crippen molar-refractivity contribution in [3.63, 3.8) is 0 Å². The first-order chi connectivity index (χ1) is 5.15. The number of halogens is 2. The second-order valence-corrected chi connectivity index (χ2v) is 2.07. The van der Waals surface area contributed by atoms with Gasteiger partial charge in [0.05, 0.1) is 0 Å². The van der Waals surface area contributed by atoms with Crippen LogP contribution >= 0.6 is 0 Å². The summed E-state index contributed by atoms with van der Waals surface area (Å²) < 4.78 is 24.8. The maximum Gasteiger partial charge on any atom is 0.250 e. The number of nitrogens with two attached hydrogens (primary N) is 1. The minimum Gasteiger partial charge on any atom is -0.308 e. The third-order valence-electron chi connectivity index (χ3n) is 1.26. The Labute approximate surface area is 62.2 Å². The van der Waals surface area contributed by atoms with E-state index < -0.39 is 11.8 Å². The largest absolute Gasteiger partial charge is 0.308 e. The van der Waals surface area contributed by atoms with Crippen LogP contribution in [0.1, 0.15) is 5.56 Å². The average molecular weight is 159 g/mol. The van der Waals surface area contributed by atoms with Gasteiger partial charge in [0, 0.05) is 0 Å². The number of pyridine rings is 1. The van der Waals surface area contributed by atoms with Gasteiger partial charge < -0.3 is 5.43 Å². The Morgan fingerprint density at radius 2 is 2.18 bits per heavy atom. The van der Waals surface area contributed by atoms with Crippen molar-refractivity contribution < 1.29 is 8.78 Å². The maximum absolute atomic E-state index is 12.4. The van der Waals surface area contributed by atoms with Crippen molar-refractivity contribution in [2.45, 2.75) is 6.92 Å². The van der Waals surface area contributed by atoms with Gasteiger partial charge in [-0.25, -0.2) is 10.2 Å². The molecule has 1 heterocycles. The Bertz CT molecular complexity index is 275. The number of hydrogen-bond donors (Lipinski definition) is 2. The van der Waals surface area contributed by atoms with E-state index in [0.29, 0.717) is 5.56 Å². The summed E-state index contributed by atoms with van der Waals surface area (Å²) in [5.41, 5.74) is 2.61. The molecule has 0 spiro atoms. The zero-order valence-electron chi connectivity index (χ0n) is 5.86. The Kier molecular flexibility index (Phi) is 2.00. The Morgan fingerprint density at radius 1 is 1.55 bits per heavy atom. The second-order valence-electron chi connectivity index (χ2n) is 2.07. The van der Waals surface area contributed by atoms with Gasteiger partial charge in [-0.3, -0.25) is 0 Å². The lowest BCUT2D eigenvalue weighted by molar-refractivity contribution is 0.479. The summed E-state index contributed by atoms with van der Waals surface area (Å²) >= 11 is 0. The molecule has 0 unspecified atom stereocenters. The maximum atomic E-state index is 12.4. The van der Waals surface area contributed by atoms with Gasteiger partial charge in [0.25, 0.3) is 5.95 Å². The van der Waals surface area contributed by atoms with Crippen LogP contribution in [0.15, 0.2) is 6.07 Å². The number of hydrazine groups is 1. The molecule has 0 atom stereocenters. The first-order valence-corrected chi connectivity index (χ1v) is 2.94. The van der Waals surface area contributed by atoms with Crippen molar-refractivity contribution in [1.29, 1.82) is 0 Å². The Morgan fingerprint density at radius 3 is 2.73 bits per heavy atom. The molecule has 60 valence electrons. The topological polar surface area (TPSA) is 50.9 Å². The SMILES string of the molecule is Cc1cc(F)c(F)nc1NN. The number of hydrogen-bond acceptors (Lipinski definition) is 3. The molecule has 0 aliphatic rings. The number of anilines is 1. The van der Waals surface area contributed by atoms with Gasteiger partial charge >= 0.3 is 0 Å². The molecule has 0 saturated heterocycles. The van der Waals surface area contributed by atoms with E-state index in [1.165, 1.54) is 0 Å². The summed E-state index contributed by atoms with van der Waals surface area (Å²) in [7, 11) is 0. The van der Waals surface area contributed by atoms with Crippen molar-refractivity contribution in [3.05, 3.63) is 23.4 Å². The summed E-state index contributed by atoms with van der Waals surface area (Å²) in [5.74, 6) is 2.99. The standard InChI is InChI=1S/C6H7F2N3/c1-3-2-4(7)5(8)10-6(3)11-9/h2H,9H2,1H3,(H,10,11). The highest BCUT2D eigenvalue weighted by Gasteiger charge is 2.06. The van der Waals surface area contributed by atoms with E-state index in [2.05, 4.69) is 10.4 Å². The summed E-state index contributed by atoms with van der Waals surface area (Å²) in [6, 6.07) is 1.03. The smallest absolute Gasteiger partial charge is 0.250 e. The normalized spacial score (nSPS) is 9.82. The third kappa shape index (κ3) is 1.43. The number of nitrogens with one attached hydrogen (secondary N) is 1. The predicted molar refractivity (Wildman–Crippen MR) is 36.7 cm³/mol. The molecular weight excluding hydrogens is 152 g/mol. The molecule has 3 nitrogen and oxygen atoms in total. The van der Waals surface area contributed by atoms with Crippen molar-refractivity contribution in [1.82, 2.24) is 4.98 Å². The molecule has 11 heavy (non-hydrogen) atoms. The lowest BCUT2D eigenvalue weighted by Crippen LogP contribution is -2.11. The van der Waals surface area contributed by atoms with Crippen molar-refractivity contribution in [2.75, 3.05) is 5.43 Å². The Hall–Kier alpha value is -1.23. The zero-order valence-corrected chi connectivity index (χ0v) is 5.86. The molecule has 0 aliphatic carbocycles. The lowest BCUT2D eigenvalue weighted by Gasteiger charge is -2.02. The summed E-state index contributed by atoms with van der Waals surface area (Å²) in [4.78, 5) is 3.21. The molecule has 0 amide bonds. The monoisotopic (exact) mass is 159 g/mol. The van der Waals surface area contributed by atoms with Crippen LogP contribution in [0.3, 0.4) is 0 Å². The molecule has 0 radical (unpaired) electrons. The fourth-order valence-corrected chi connectivity index (χ4v) is 0.704. The van der Waals surface area contributed by atoms with Crippen molar-refractivity contribution >= 4 is 5.82 Å². The molecule has 5 heteroatoms. The van der Waals surface area contributed by atoms with Crippen LogP contribution in [0.5, 0.6) is 0 Å². The summed E-state index contributed by atoms with van der Waals surface area (Å²) in [6.07, 6.45) is 0. The zero-order chi connectivity index (χ0) is 8.43. The van der Waals surface area contributed by atoms with Crippen LogP contribution in [0, 0.1) is 18.7 Å². The molecule has 0 bridgehead atoms. The van der Waals surface area contributed by atoms with Gasteiger partial charge in [-0.15, -0.1) is 0 Å². The number of aromatic nitrogens is 1. The molecule has 0 aliphatic heterocycles. The van der Waals surface area contributed by atoms with Gasteiger partial charge in [-0.05, 0) is 18.6 Å². The fraction of sp³-hybridized carbons (Fsp3) is 0.167. The van der Waals surface area contributed by atoms with Crippen LogP contribution in [-0.2, 0) is 0 Å². The minimum absolute atomic E-state index is 0.143. The van der Waals surface area contributed by atoms with E-state index in [9.17, 15) is 8.78 Å². The van der Waals surface area contributed by atoms with Crippen LogP contribution in [0.25, 0.3) is 0 Å². The fourth-order valence-electron chi connectivity index (χ4n) is 0.704. The molecule has 0 fully saturated rings. The number of nitrogens with zero attached hydrogens (tertiary/aromatic N) is 1. The van der Waals surface area contributed by atoms with Crippen LogP contribution in [0.2, 0.25) is 0 Å². The number of rotatable bonds is 1. The highest BCUT2D eigenvalue weighted by molar-refractivity contribution is 5.41. The highest BCUT2D eigenvalue weighted by Crippen LogP contribution is 2.12. The molecule has 0 aromatic carbocycles. The van der Waals surface area contributed by atoms with Gasteiger partial charge in [0.1, 0.15) is 5.82 Å². The highest BCUT2D eigenvalue weighted by atomic mass is 19.2. The van der Waals surface area contributed by atoms with Crippen LogP contribution in [-0.4, -0.2) is 4.98 Å². The van der Waals surface area contributed by atoms with Crippen molar-refractivity contribution in [3.8, 4) is 0 Å². The van der Waals surface area contributed by atoms with Gasteiger partial charge in [-0.1, -0.05) is 0 Å². The second kappa shape index (κ2) is 2.79. The number of nitrogen functional groups attached to an aromatic ring is 1. The van der Waals surface area contributed by atoms with E-state index in [1.807, 2.05) is 0 Å². The summed E-state index contributed by atoms with van der Waals surface area (Å²) in [5, 5.41) is 0. The third-order valence-corrected chi connectivity index (χ3v) is 1.26. The van der Waals surface area contributed by atoms with E-state index >= 15 is 0 Å². The van der Waals surface area contributed by atoms with Gasteiger partial charge in [-0.2, -0.15) is 9.37 Å². The van der Waals surface area contributed by atoms with Gasteiger partial charge in [0.2, 0.25) is 0 Å².